The molecule has 95 heavy (non-hydrogen) atoms. The summed E-state index contributed by atoms with van der Waals surface area (Å²) in [6.07, 6.45) is 55.5. The zero-order valence-corrected chi connectivity index (χ0v) is 63.8. The average Bonchev–Trinajstić information content (AvgIpc) is 1.42. The molecule has 0 aliphatic rings. The monoisotopic (exact) mass is 1400 g/mol. The highest BCUT2D eigenvalue weighted by Crippen LogP contribution is 2.45. The van der Waals surface area contributed by atoms with E-state index in [4.69, 9.17) is 37.0 Å². The maximum Gasteiger partial charge on any atom is 0.472 e. The summed E-state index contributed by atoms with van der Waals surface area (Å²) in [5, 5.41) is 10.6. The third kappa shape index (κ3) is 70.3. The highest BCUT2D eigenvalue weighted by Gasteiger charge is 2.30. The van der Waals surface area contributed by atoms with Gasteiger partial charge in [0.15, 0.2) is 12.2 Å². The molecule has 0 aliphatic heterocycles. The van der Waals surface area contributed by atoms with E-state index in [2.05, 4.69) is 41.5 Å². The van der Waals surface area contributed by atoms with Crippen LogP contribution in [-0.2, 0) is 65.4 Å². The lowest BCUT2D eigenvalue weighted by atomic mass is 10.0. The van der Waals surface area contributed by atoms with E-state index in [1.807, 2.05) is 0 Å². The number of hydrogen-bond acceptors (Lipinski definition) is 15. The highest BCUT2D eigenvalue weighted by atomic mass is 31.2. The number of carbonyl (C=O) groups is 4. The van der Waals surface area contributed by atoms with Crippen molar-refractivity contribution in [3.8, 4) is 0 Å². The van der Waals surface area contributed by atoms with Crippen LogP contribution < -0.4 is 0 Å². The zero-order chi connectivity index (χ0) is 70.0. The van der Waals surface area contributed by atoms with Crippen LogP contribution in [0.25, 0.3) is 0 Å². The Hall–Kier alpha value is -1.94. The van der Waals surface area contributed by atoms with Crippen molar-refractivity contribution >= 4 is 39.5 Å². The number of phosphoric acid groups is 2. The van der Waals surface area contributed by atoms with Gasteiger partial charge in [-0.2, -0.15) is 0 Å². The van der Waals surface area contributed by atoms with Gasteiger partial charge in [0.2, 0.25) is 0 Å². The van der Waals surface area contributed by atoms with Crippen molar-refractivity contribution in [2.75, 3.05) is 39.6 Å². The average molecular weight is 1400 g/mol. The Morgan fingerprint density at radius 3 is 0.716 bits per heavy atom. The van der Waals surface area contributed by atoms with Gasteiger partial charge >= 0.3 is 39.5 Å². The summed E-state index contributed by atoms with van der Waals surface area (Å²) in [4.78, 5) is 72.7. The first kappa shape index (κ1) is 93.1. The molecule has 0 fully saturated rings. The Labute approximate surface area is 581 Å². The summed E-state index contributed by atoms with van der Waals surface area (Å²) in [6.45, 7) is 9.62. The third-order valence-electron chi connectivity index (χ3n) is 17.7. The van der Waals surface area contributed by atoms with Gasteiger partial charge in [0.1, 0.15) is 19.3 Å². The van der Waals surface area contributed by atoms with Crippen LogP contribution in [0, 0.1) is 11.8 Å². The lowest BCUT2D eigenvalue weighted by Crippen LogP contribution is -2.30. The second-order valence-electron chi connectivity index (χ2n) is 28.3. The van der Waals surface area contributed by atoms with Gasteiger partial charge in [0.05, 0.1) is 26.4 Å². The molecule has 0 saturated carbocycles. The molecule has 3 N–H and O–H groups in total. The SMILES string of the molecule is CCCCCCCCCCCCCCCC(=O)O[C@H](COC(=O)CCCCCCCCCC)COP(=O)(O)OC[C@H](O)COP(=O)(O)OC[C@@H](COC(=O)CCCCCCCCCCCCCCC(C)C)OC(=O)CCCCCCCCCCCCCCCCCCC(C)C. The van der Waals surface area contributed by atoms with Crippen molar-refractivity contribution in [3.63, 3.8) is 0 Å². The Bertz CT molecular complexity index is 1840. The zero-order valence-electron chi connectivity index (χ0n) is 62.0. The standard InChI is InChI=1S/C76H148O17P2/c1-7-9-11-13-15-17-18-23-31-36-42-48-54-60-75(80)92-71(64-86-73(78)58-52-46-40-16-14-12-10-8-2)66-90-94(82,83)88-62-70(77)63-89-95(84,85)91-67-72(65-87-74(79)59-53-47-41-35-30-27-26-29-34-39-45-51-57-69(5)6)93-76(81)61-55-49-43-37-32-25-22-20-19-21-24-28-33-38-44-50-56-68(3)4/h68-72,77H,7-67H2,1-6H3,(H,82,83)(H,84,85)/t70-,71+,72+/m0/s1. The molecule has 0 rings (SSSR count). The van der Waals surface area contributed by atoms with Gasteiger partial charge in [-0.15, -0.1) is 0 Å². The van der Waals surface area contributed by atoms with E-state index in [0.717, 1.165) is 108 Å². The quantitative estimate of drug-likeness (QED) is 0.0222. The Morgan fingerprint density at radius 2 is 0.484 bits per heavy atom. The van der Waals surface area contributed by atoms with E-state index >= 15 is 0 Å². The van der Waals surface area contributed by atoms with Gasteiger partial charge in [-0.1, -0.05) is 343 Å². The number of phosphoric ester groups is 2. The van der Waals surface area contributed by atoms with E-state index in [1.165, 1.54) is 205 Å². The van der Waals surface area contributed by atoms with Crippen LogP contribution in [0.3, 0.4) is 0 Å². The molecule has 0 bridgehead atoms. The number of esters is 4. The number of carbonyl (C=O) groups excluding carboxylic acids is 4. The van der Waals surface area contributed by atoms with Crippen LogP contribution in [0.4, 0.5) is 0 Å². The minimum absolute atomic E-state index is 0.108. The fourth-order valence-corrected chi connectivity index (χ4v) is 13.2. The van der Waals surface area contributed by atoms with Crippen molar-refractivity contribution < 1.29 is 80.2 Å². The predicted octanol–water partition coefficient (Wildman–Crippen LogP) is 22.3. The molecule has 0 aromatic heterocycles. The van der Waals surface area contributed by atoms with Crippen LogP contribution in [0.15, 0.2) is 0 Å². The topological polar surface area (TPSA) is 237 Å². The lowest BCUT2D eigenvalue weighted by molar-refractivity contribution is -0.161. The van der Waals surface area contributed by atoms with Crippen LogP contribution in [0.5, 0.6) is 0 Å². The molecule has 0 amide bonds. The molecule has 0 spiro atoms. The van der Waals surface area contributed by atoms with E-state index in [9.17, 15) is 43.2 Å². The van der Waals surface area contributed by atoms with Crippen LogP contribution >= 0.6 is 15.6 Å². The summed E-state index contributed by atoms with van der Waals surface area (Å²) >= 11 is 0. The smallest absolute Gasteiger partial charge is 0.462 e. The van der Waals surface area contributed by atoms with E-state index in [1.54, 1.807) is 0 Å². The van der Waals surface area contributed by atoms with Crippen molar-refractivity contribution in [1.82, 2.24) is 0 Å². The molecule has 0 radical (unpaired) electrons. The van der Waals surface area contributed by atoms with E-state index in [0.29, 0.717) is 25.7 Å². The molecule has 19 heteroatoms. The van der Waals surface area contributed by atoms with Crippen molar-refractivity contribution in [1.29, 1.82) is 0 Å². The second kappa shape index (κ2) is 67.9. The number of unbranched alkanes of at least 4 members (excludes halogenated alkanes) is 45. The van der Waals surface area contributed by atoms with Crippen LogP contribution in [-0.4, -0.2) is 96.7 Å². The summed E-state index contributed by atoms with van der Waals surface area (Å²) in [6, 6.07) is 0. The second-order valence-corrected chi connectivity index (χ2v) is 31.3. The molecule has 5 atom stereocenters. The molecule has 0 aromatic carbocycles. The summed E-state index contributed by atoms with van der Waals surface area (Å²) in [5.41, 5.74) is 0. The summed E-state index contributed by atoms with van der Waals surface area (Å²) in [7, 11) is -9.91. The lowest BCUT2D eigenvalue weighted by Gasteiger charge is -2.21. The molecule has 564 valence electrons. The number of ether oxygens (including phenoxy) is 4. The van der Waals surface area contributed by atoms with Gasteiger partial charge < -0.3 is 33.8 Å². The van der Waals surface area contributed by atoms with E-state index < -0.39 is 97.5 Å². The van der Waals surface area contributed by atoms with E-state index in [-0.39, 0.29) is 25.7 Å². The minimum Gasteiger partial charge on any atom is -0.462 e. The van der Waals surface area contributed by atoms with Gasteiger partial charge in [0, 0.05) is 25.7 Å². The molecular formula is C76H148O17P2. The minimum atomic E-state index is -4.96. The molecule has 0 aliphatic carbocycles. The number of aliphatic hydroxyl groups excluding tert-OH is 1. The molecular weight excluding hydrogens is 1250 g/mol. The third-order valence-corrected chi connectivity index (χ3v) is 19.6. The molecule has 17 nitrogen and oxygen atoms in total. The Kier molecular flexibility index (Phi) is 66.5. The first-order chi connectivity index (χ1) is 45.9. The first-order valence-corrected chi connectivity index (χ1v) is 42.5. The van der Waals surface area contributed by atoms with Crippen molar-refractivity contribution in [3.05, 3.63) is 0 Å². The van der Waals surface area contributed by atoms with Crippen LogP contribution in [0.2, 0.25) is 0 Å². The van der Waals surface area contributed by atoms with Crippen molar-refractivity contribution in [2.45, 2.75) is 413 Å². The molecule has 0 heterocycles. The molecule has 0 saturated heterocycles. The summed E-state index contributed by atoms with van der Waals surface area (Å²) < 4.78 is 68.5. The molecule has 0 aromatic rings. The Balaban J connectivity index is 5.21. The fraction of sp³-hybridized carbons (Fsp3) is 0.947. The van der Waals surface area contributed by atoms with Crippen molar-refractivity contribution in [2.24, 2.45) is 11.8 Å². The van der Waals surface area contributed by atoms with Gasteiger partial charge in [0.25, 0.3) is 0 Å². The van der Waals surface area contributed by atoms with Gasteiger partial charge in [-0.05, 0) is 37.5 Å². The predicted molar refractivity (Wildman–Crippen MR) is 386 cm³/mol. The largest absolute Gasteiger partial charge is 0.472 e. The van der Waals surface area contributed by atoms with Crippen LogP contribution in [0.1, 0.15) is 395 Å². The number of aliphatic hydroxyl groups is 1. The number of rotatable bonds is 75. The molecule has 2 unspecified atom stereocenters. The normalized spacial score (nSPS) is 14.0. The Morgan fingerprint density at radius 1 is 0.284 bits per heavy atom. The van der Waals surface area contributed by atoms with Gasteiger partial charge in [-0.25, -0.2) is 9.13 Å². The fourth-order valence-electron chi connectivity index (χ4n) is 11.7. The summed E-state index contributed by atoms with van der Waals surface area (Å²) in [5.74, 6) is -0.525. The maximum atomic E-state index is 13.1. The number of hydrogen-bond donors (Lipinski definition) is 3. The maximum absolute atomic E-state index is 13.1. The van der Waals surface area contributed by atoms with Gasteiger partial charge in [-0.3, -0.25) is 37.3 Å². The highest BCUT2D eigenvalue weighted by molar-refractivity contribution is 7.47. The first-order valence-electron chi connectivity index (χ1n) is 39.5.